The predicted octanol–water partition coefficient (Wildman–Crippen LogP) is 3.26. The number of nitrogens with zero attached hydrogens (tertiary/aromatic N) is 2. The van der Waals surface area contributed by atoms with Crippen LogP contribution in [0.5, 0.6) is 0 Å². The van der Waals surface area contributed by atoms with Crippen molar-refractivity contribution in [1.29, 1.82) is 0 Å². The molecule has 0 radical (unpaired) electrons. The van der Waals surface area contributed by atoms with Gasteiger partial charge in [0, 0.05) is 0 Å². The molecule has 8 nitrogen and oxygen atoms in total. The first-order valence-corrected chi connectivity index (χ1v) is 8.61. The van der Waals surface area contributed by atoms with Gasteiger partial charge in [-0.2, -0.15) is 0 Å². The number of benzene rings is 1. The molecule has 1 atom stereocenters. The van der Waals surface area contributed by atoms with Crippen molar-refractivity contribution in [3.05, 3.63) is 62.1 Å². The van der Waals surface area contributed by atoms with E-state index in [1.807, 2.05) is 37.3 Å². The van der Waals surface area contributed by atoms with Crippen molar-refractivity contribution < 1.29 is 19.5 Å². The zero-order chi connectivity index (χ0) is 18.1. The number of alkyl carbamates (subject to hydrolysis) is 1. The Labute approximate surface area is 148 Å². The summed E-state index contributed by atoms with van der Waals surface area (Å²) in [6.45, 7) is 2.05. The highest BCUT2D eigenvalue weighted by molar-refractivity contribution is 7.09. The Kier molecular flexibility index (Phi) is 7.15. The maximum Gasteiger partial charge on any atom is 0.407 e. The lowest BCUT2D eigenvalue weighted by Gasteiger charge is -2.18. The van der Waals surface area contributed by atoms with Crippen LogP contribution in [0.1, 0.15) is 35.0 Å². The number of nitrogens with one attached hydrogen (secondary N) is 1. The van der Waals surface area contributed by atoms with Crippen molar-refractivity contribution in [2.75, 3.05) is 13.2 Å². The van der Waals surface area contributed by atoms with Gasteiger partial charge in [0.1, 0.15) is 0 Å². The highest BCUT2D eigenvalue weighted by Crippen LogP contribution is 2.27. The zero-order valence-corrected chi connectivity index (χ0v) is 14.5. The zero-order valence-electron chi connectivity index (χ0n) is 13.7. The van der Waals surface area contributed by atoms with E-state index >= 15 is 0 Å². The molecule has 0 spiro atoms. The summed E-state index contributed by atoms with van der Waals surface area (Å²) in [4.78, 5) is 31.5. The number of rotatable bonds is 9. The van der Waals surface area contributed by atoms with E-state index in [-0.39, 0.29) is 19.3 Å². The van der Waals surface area contributed by atoms with Crippen molar-refractivity contribution in [2.45, 2.75) is 25.8 Å². The minimum Gasteiger partial charge on any atom is -0.450 e. The van der Waals surface area contributed by atoms with Gasteiger partial charge in [-0.3, -0.25) is 0 Å². The van der Waals surface area contributed by atoms with E-state index in [1.54, 1.807) is 5.51 Å². The summed E-state index contributed by atoms with van der Waals surface area (Å²) in [7, 11) is 0. The van der Waals surface area contributed by atoms with Crippen LogP contribution in [-0.2, 0) is 9.57 Å². The maximum atomic E-state index is 12.1. The molecule has 0 aliphatic heterocycles. The number of hydrogen-bond acceptors (Lipinski definition) is 7. The van der Waals surface area contributed by atoms with Gasteiger partial charge in [0.05, 0.1) is 35.3 Å². The van der Waals surface area contributed by atoms with Crippen molar-refractivity contribution in [3.8, 4) is 0 Å². The van der Waals surface area contributed by atoms with Crippen molar-refractivity contribution in [3.63, 3.8) is 0 Å². The summed E-state index contributed by atoms with van der Waals surface area (Å²) in [5.41, 5.74) is 3.53. The maximum absolute atomic E-state index is 12.1. The van der Waals surface area contributed by atoms with Gasteiger partial charge in [0.25, 0.3) is 5.09 Å². The summed E-state index contributed by atoms with van der Waals surface area (Å²) < 4.78 is 5.15. The number of hydrogen-bond donors (Lipinski definition) is 1. The van der Waals surface area contributed by atoms with Gasteiger partial charge in [-0.05, 0) is 25.3 Å². The Bertz CT molecular complexity index is 692. The summed E-state index contributed by atoms with van der Waals surface area (Å²) in [5, 5.41) is 12.0. The van der Waals surface area contributed by atoms with E-state index in [9.17, 15) is 14.9 Å². The highest BCUT2D eigenvalue weighted by atomic mass is 32.1. The molecule has 1 aromatic carbocycles. The highest BCUT2D eigenvalue weighted by Gasteiger charge is 2.21. The molecule has 2 aromatic rings. The quantitative estimate of drug-likeness (QED) is 0.415. The predicted molar refractivity (Wildman–Crippen MR) is 91.8 cm³/mol. The Morgan fingerprint density at radius 3 is 2.68 bits per heavy atom. The fraction of sp³-hybridized carbons (Fsp3) is 0.375. The largest absolute Gasteiger partial charge is 0.450 e. The summed E-state index contributed by atoms with van der Waals surface area (Å²) >= 11 is 1.47. The van der Waals surface area contributed by atoms with E-state index < -0.39 is 11.2 Å². The minimum absolute atomic E-state index is 0.00925. The van der Waals surface area contributed by atoms with Crippen LogP contribution in [0.15, 0.2) is 35.8 Å². The topological polar surface area (TPSA) is 104 Å². The van der Waals surface area contributed by atoms with Gasteiger partial charge in [-0.25, -0.2) is 9.78 Å². The molecule has 0 saturated carbocycles. The van der Waals surface area contributed by atoms with Gasteiger partial charge in [-0.1, -0.05) is 30.3 Å². The Morgan fingerprint density at radius 2 is 2.04 bits per heavy atom. The number of aromatic nitrogens is 1. The first-order valence-electron chi connectivity index (χ1n) is 7.73. The normalized spacial score (nSPS) is 11.6. The van der Waals surface area contributed by atoms with Crippen LogP contribution in [0.2, 0.25) is 0 Å². The van der Waals surface area contributed by atoms with Crippen molar-refractivity contribution in [1.82, 2.24) is 10.3 Å². The molecule has 2 rings (SSSR count). The molecule has 9 heteroatoms. The molecule has 0 bridgehead atoms. The molecule has 0 fully saturated rings. The second-order valence-corrected chi connectivity index (χ2v) is 6.08. The van der Waals surface area contributed by atoms with Crippen molar-refractivity contribution in [2.24, 2.45) is 0 Å². The Hall–Kier alpha value is -2.68. The lowest BCUT2D eigenvalue weighted by atomic mass is 10.0. The third-order valence-electron chi connectivity index (χ3n) is 3.41. The molecule has 0 aliphatic carbocycles. The number of amides is 1. The van der Waals surface area contributed by atoms with E-state index in [0.29, 0.717) is 12.8 Å². The average molecular weight is 365 g/mol. The first-order chi connectivity index (χ1) is 12.1. The molecule has 0 saturated heterocycles. The summed E-state index contributed by atoms with van der Waals surface area (Å²) in [5.74, 6) is 0. The number of unbranched alkanes of at least 4 members (excludes halogenated alkanes) is 1. The monoisotopic (exact) mass is 365 g/mol. The number of ether oxygens (including phenoxy) is 1. The van der Waals surface area contributed by atoms with E-state index in [0.717, 1.165) is 16.1 Å². The SMILES string of the molecule is Cc1ncsc1C(NC(=O)OCCCCO[N+](=O)[O-])c1ccccc1. The van der Waals surface area contributed by atoms with E-state index in [2.05, 4.69) is 15.1 Å². The van der Waals surface area contributed by atoms with E-state index in [4.69, 9.17) is 4.74 Å². The third-order valence-corrected chi connectivity index (χ3v) is 4.40. The van der Waals surface area contributed by atoms with Crippen LogP contribution in [0, 0.1) is 17.0 Å². The third kappa shape index (κ3) is 6.03. The first kappa shape index (κ1) is 18.7. The molecular weight excluding hydrogens is 346 g/mol. The van der Waals surface area contributed by atoms with Crippen LogP contribution in [0.3, 0.4) is 0 Å². The molecule has 1 N–H and O–H groups in total. The molecule has 1 unspecified atom stereocenters. The summed E-state index contributed by atoms with van der Waals surface area (Å²) in [6, 6.07) is 9.24. The molecule has 1 heterocycles. The van der Waals surface area contributed by atoms with Crippen LogP contribution >= 0.6 is 11.3 Å². The fourth-order valence-corrected chi connectivity index (χ4v) is 3.08. The Morgan fingerprint density at radius 1 is 1.32 bits per heavy atom. The molecule has 134 valence electrons. The number of carbonyl (C=O) groups is 1. The van der Waals surface area contributed by atoms with Gasteiger partial charge in [-0.15, -0.1) is 21.5 Å². The second-order valence-electron chi connectivity index (χ2n) is 5.19. The van der Waals surface area contributed by atoms with Gasteiger partial charge in [0.15, 0.2) is 0 Å². The van der Waals surface area contributed by atoms with Gasteiger partial charge >= 0.3 is 6.09 Å². The van der Waals surface area contributed by atoms with E-state index in [1.165, 1.54) is 11.3 Å². The lowest BCUT2D eigenvalue weighted by Crippen LogP contribution is -2.30. The van der Waals surface area contributed by atoms with Crippen LogP contribution in [0.25, 0.3) is 0 Å². The van der Waals surface area contributed by atoms with Gasteiger partial charge in [0.2, 0.25) is 0 Å². The molecular formula is C16H19N3O5S. The van der Waals surface area contributed by atoms with Gasteiger partial charge < -0.3 is 14.9 Å². The van der Waals surface area contributed by atoms with Crippen LogP contribution in [-0.4, -0.2) is 29.4 Å². The molecule has 0 aliphatic rings. The van der Waals surface area contributed by atoms with Crippen molar-refractivity contribution >= 4 is 17.4 Å². The smallest absolute Gasteiger partial charge is 0.407 e. The molecule has 25 heavy (non-hydrogen) atoms. The number of carbonyl (C=O) groups excluding carboxylic acids is 1. The number of thiazole rings is 1. The minimum atomic E-state index is -0.838. The standard InChI is InChI=1S/C16H19N3O5S/c1-12-15(25-11-17-12)14(13-7-3-2-4-8-13)18-16(20)23-9-5-6-10-24-19(21)22/h2-4,7-8,11,14H,5-6,9-10H2,1H3,(H,18,20). The Balaban J connectivity index is 1.88. The lowest BCUT2D eigenvalue weighted by molar-refractivity contribution is -0.757. The fourth-order valence-electron chi connectivity index (χ4n) is 2.20. The average Bonchev–Trinajstić information content (AvgIpc) is 3.02. The van der Waals surface area contributed by atoms with Crippen LogP contribution in [0.4, 0.5) is 4.79 Å². The summed E-state index contributed by atoms with van der Waals surface area (Å²) in [6.07, 6.45) is 0.373. The van der Waals surface area contributed by atoms with Crippen LogP contribution < -0.4 is 5.32 Å². The number of aryl methyl sites for hydroxylation is 1. The molecule has 1 aromatic heterocycles. The second kappa shape index (κ2) is 9.58. The molecule has 1 amide bonds.